The number of halogens is 1. The van der Waals surface area contributed by atoms with E-state index in [2.05, 4.69) is 31.8 Å². The van der Waals surface area contributed by atoms with E-state index in [4.69, 9.17) is 16.1 Å². The molecule has 24 heavy (non-hydrogen) atoms. The molecule has 1 saturated carbocycles. The predicted octanol–water partition coefficient (Wildman–Crippen LogP) is 4.17. The number of rotatable bonds is 6. The van der Waals surface area contributed by atoms with Crippen molar-refractivity contribution in [3.63, 3.8) is 0 Å². The highest BCUT2D eigenvalue weighted by atomic mass is 35.5. The second kappa shape index (κ2) is 6.57. The fourth-order valence-electron chi connectivity index (χ4n) is 2.53. The van der Waals surface area contributed by atoms with Gasteiger partial charge in [0.15, 0.2) is 5.16 Å². The predicted molar refractivity (Wildman–Crippen MR) is 92.0 cm³/mol. The Kier molecular flexibility index (Phi) is 4.28. The van der Waals surface area contributed by atoms with E-state index in [1.165, 1.54) is 12.8 Å². The first-order chi connectivity index (χ1) is 11.7. The lowest BCUT2D eigenvalue weighted by molar-refractivity contribution is 0.391. The zero-order chi connectivity index (χ0) is 16.5. The zero-order valence-electron chi connectivity index (χ0n) is 13.1. The van der Waals surface area contributed by atoms with Crippen LogP contribution in [-0.4, -0.2) is 24.9 Å². The molecule has 0 atom stereocenters. The minimum absolute atomic E-state index is 0.545. The van der Waals surface area contributed by atoms with Gasteiger partial charge < -0.3 is 9.09 Å². The van der Waals surface area contributed by atoms with Crippen LogP contribution in [0.3, 0.4) is 0 Å². The van der Waals surface area contributed by atoms with Crippen LogP contribution in [0.25, 0.3) is 11.4 Å². The summed E-state index contributed by atoms with van der Waals surface area (Å²) < 4.78 is 7.52. The molecule has 0 saturated heterocycles. The summed E-state index contributed by atoms with van der Waals surface area (Å²) in [6.45, 7) is 2.99. The summed E-state index contributed by atoms with van der Waals surface area (Å²) in [6, 6.07) is 7.41. The SMILES string of the molecule is CCn1c(SCc2nc(-c3cccc(Cl)c3)no2)nnc1C1CC1. The molecule has 2 aromatic heterocycles. The normalized spacial score (nSPS) is 14.2. The Morgan fingerprint density at radius 2 is 2.21 bits per heavy atom. The maximum atomic E-state index is 6.00. The van der Waals surface area contributed by atoms with Gasteiger partial charge in [-0.25, -0.2) is 0 Å². The standard InChI is InChI=1S/C16H16ClN5OS/c1-2-22-15(10-6-7-10)19-20-16(22)24-9-13-18-14(21-23-13)11-4-3-5-12(17)8-11/h3-5,8,10H,2,6-7,9H2,1H3. The van der Waals surface area contributed by atoms with Crippen LogP contribution in [0.1, 0.15) is 37.4 Å². The first kappa shape index (κ1) is 15.7. The van der Waals surface area contributed by atoms with Crippen LogP contribution in [0.2, 0.25) is 5.02 Å². The van der Waals surface area contributed by atoms with Gasteiger partial charge in [-0.2, -0.15) is 4.98 Å². The van der Waals surface area contributed by atoms with Crippen molar-refractivity contribution in [3.05, 3.63) is 41.0 Å². The quantitative estimate of drug-likeness (QED) is 0.613. The number of nitrogens with zero attached hydrogens (tertiary/aromatic N) is 5. The molecule has 1 aromatic carbocycles. The van der Waals surface area contributed by atoms with Crippen molar-refractivity contribution < 1.29 is 4.52 Å². The van der Waals surface area contributed by atoms with Crippen LogP contribution < -0.4 is 0 Å². The Labute approximate surface area is 148 Å². The maximum Gasteiger partial charge on any atom is 0.237 e. The van der Waals surface area contributed by atoms with Gasteiger partial charge in [0.25, 0.3) is 0 Å². The smallest absolute Gasteiger partial charge is 0.237 e. The van der Waals surface area contributed by atoms with Gasteiger partial charge >= 0.3 is 0 Å². The molecular formula is C16H16ClN5OS. The Morgan fingerprint density at radius 1 is 1.33 bits per heavy atom. The van der Waals surface area contributed by atoms with E-state index < -0.39 is 0 Å². The van der Waals surface area contributed by atoms with Crippen molar-refractivity contribution in [1.82, 2.24) is 24.9 Å². The molecule has 0 unspecified atom stereocenters. The van der Waals surface area contributed by atoms with Crippen molar-refractivity contribution in [2.75, 3.05) is 0 Å². The molecule has 0 bridgehead atoms. The zero-order valence-corrected chi connectivity index (χ0v) is 14.7. The highest BCUT2D eigenvalue weighted by molar-refractivity contribution is 7.98. The number of hydrogen-bond donors (Lipinski definition) is 0. The summed E-state index contributed by atoms with van der Waals surface area (Å²) in [4.78, 5) is 4.43. The van der Waals surface area contributed by atoms with Crippen LogP contribution in [0.5, 0.6) is 0 Å². The number of thioether (sulfide) groups is 1. The summed E-state index contributed by atoms with van der Waals surface area (Å²) in [5.74, 6) is 3.36. The molecular weight excluding hydrogens is 346 g/mol. The van der Waals surface area contributed by atoms with E-state index in [1.807, 2.05) is 24.3 Å². The summed E-state index contributed by atoms with van der Waals surface area (Å²) in [5, 5.41) is 14.2. The van der Waals surface area contributed by atoms with Crippen molar-refractivity contribution in [2.45, 2.75) is 43.1 Å². The molecule has 8 heteroatoms. The molecule has 0 amide bonds. The summed E-state index contributed by atoms with van der Waals surface area (Å²) in [7, 11) is 0. The van der Waals surface area contributed by atoms with Crippen LogP contribution in [0.15, 0.2) is 33.9 Å². The molecule has 0 aliphatic heterocycles. The van der Waals surface area contributed by atoms with Crippen LogP contribution >= 0.6 is 23.4 Å². The lowest BCUT2D eigenvalue weighted by Crippen LogP contribution is -2.02. The van der Waals surface area contributed by atoms with Gasteiger partial charge in [-0.15, -0.1) is 10.2 Å². The topological polar surface area (TPSA) is 69.6 Å². The molecule has 2 heterocycles. The molecule has 124 valence electrons. The average Bonchev–Trinajstić information content (AvgIpc) is 3.18. The lowest BCUT2D eigenvalue weighted by atomic mass is 10.2. The fourth-order valence-corrected chi connectivity index (χ4v) is 3.57. The molecule has 1 aliphatic carbocycles. The van der Waals surface area contributed by atoms with Gasteiger partial charge in [-0.05, 0) is 31.9 Å². The number of benzene rings is 1. The minimum atomic E-state index is 0.545. The second-order valence-electron chi connectivity index (χ2n) is 5.67. The molecule has 4 rings (SSSR count). The molecule has 3 aromatic rings. The highest BCUT2D eigenvalue weighted by Crippen LogP contribution is 2.40. The summed E-state index contributed by atoms with van der Waals surface area (Å²) in [5.41, 5.74) is 0.843. The summed E-state index contributed by atoms with van der Waals surface area (Å²) >= 11 is 7.57. The largest absolute Gasteiger partial charge is 0.338 e. The second-order valence-corrected chi connectivity index (χ2v) is 7.05. The first-order valence-corrected chi connectivity index (χ1v) is 9.25. The average molecular weight is 362 g/mol. The van der Waals surface area contributed by atoms with E-state index in [1.54, 1.807) is 11.8 Å². The van der Waals surface area contributed by atoms with Gasteiger partial charge in [-0.3, -0.25) is 0 Å². The third-order valence-electron chi connectivity index (χ3n) is 3.88. The maximum absolute atomic E-state index is 6.00. The Hall–Kier alpha value is -1.86. The molecule has 6 nitrogen and oxygen atoms in total. The molecule has 1 fully saturated rings. The minimum Gasteiger partial charge on any atom is -0.338 e. The van der Waals surface area contributed by atoms with Gasteiger partial charge in [0.05, 0.1) is 5.75 Å². The van der Waals surface area contributed by atoms with Crippen molar-refractivity contribution in [1.29, 1.82) is 0 Å². The van der Waals surface area contributed by atoms with E-state index in [0.717, 1.165) is 23.1 Å². The van der Waals surface area contributed by atoms with Gasteiger partial charge in [0, 0.05) is 23.0 Å². The molecule has 0 N–H and O–H groups in total. The Balaban J connectivity index is 1.47. The molecule has 1 aliphatic rings. The van der Waals surface area contributed by atoms with Crippen molar-refractivity contribution in [2.24, 2.45) is 0 Å². The highest BCUT2D eigenvalue weighted by Gasteiger charge is 2.30. The first-order valence-electron chi connectivity index (χ1n) is 7.89. The van der Waals surface area contributed by atoms with E-state index in [0.29, 0.717) is 28.4 Å². The molecule has 0 spiro atoms. The van der Waals surface area contributed by atoms with E-state index in [9.17, 15) is 0 Å². The van der Waals surface area contributed by atoms with Gasteiger partial charge in [0.1, 0.15) is 5.82 Å². The van der Waals surface area contributed by atoms with Crippen molar-refractivity contribution >= 4 is 23.4 Å². The Bertz CT molecular complexity index is 858. The van der Waals surface area contributed by atoms with Gasteiger partial charge in [-0.1, -0.05) is 40.7 Å². The number of hydrogen-bond acceptors (Lipinski definition) is 6. The van der Waals surface area contributed by atoms with Crippen LogP contribution in [0, 0.1) is 0 Å². The third-order valence-corrected chi connectivity index (χ3v) is 5.07. The Morgan fingerprint density at radius 3 is 2.96 bits per heavy atom. The third kappa shape index (κ3) is 3.18. The number of aromatic nitrogens is 5. The van der Waals surface area contributed by atoms with Crippen LogP contribution in [-0.2, 0) is 12.3 Å². The summed E-state index contributed by atoms with van der Waals surface area (Å²) in [6.07, 6.45) is 2.44. The van der Waals surface area contributed by atoms with E-state index >= 15 is 0 Å². The monoisotopic (exact) mass is 361 g/mol. The molecule has 0 radical (unpaired) electrons. The van der Waals surface area contributed by atoms with Crippen molar-refractivity contribution in [3.8, 4) is 11.4 Å². The van der Waals surface area contributed by atoms with Crippen LogP contribution in [0.4, 0.5) is 0 Å². The lowest BCUT2D eigenvalue weighted by Gasteiger charge is -2.04. The van der Waals surface area contributed by atoms with E-state index in [-0.39, 0.29) is 0 Å². The fraction of sp³-hybridized carbons (Fsp3) is 0.375. The van der Waals surface area contributed by atoms with Gasteiger partial charge in [0.2, 0.25) is 11.7 Å².